The van der Waals surface area contributed by atoms with Crippen molar-refractivity contribution in [3.8, 4) is 0 Å². The van der Waals surface area contributed by atoms with Crippen molar-refractivity contribution in [2.45, 2.75) is 7.68 Å². The Labute approximate surface area is 92.8 Å². The third-order valence-electron chi connectivity index (χ3n) is 0.901. The molecule has 13 heavy (non-hydrogen) atoms. The van der Waals surface area contributed by atoms with Gasteiger partial charge in [-0.2, -0.15) is 19.4 Å². The maximum absolute atomic E-state index is 12.1. The summed E-state index contributed by atoms with van der Waals surface area (Å²) < 4.78 is 54.0. The van der Waals surface area contributed by atoms with E-state index in [9.17, 15) is 19.4 Å². The second kappa shape index (κ2) is 6.05. The molecule has 11 heteroatoms. The Morgan fingerprint density at radius 3 is 1.08 bits per heavy atom. The predicted octanol–water partition coefficient (Wildman–Crippen LogP) is 4.37. The summed E-state index contributed by atoms with van der Waals surface area (Å²) >= 11 is -5.24. The van der Waals surface area contributed by atoms with Crippen molar-refractivity contribution < 1.29 is 24.5 Å². The van der Waals surface area contributed by atoms with E-state index in [2.05, 4.69) is 0 Å². The van der Waals surface area contributed by atoms with Gasteiger partial charge in [0.25, 0.3) is 7.68 Å². The van der Waals surface area contributed by atoms with Crippen LogP contribution >= 0.6 is 60.7 Å². The van der Waals surface area contributed by atoms with Crippen LogP contribution in [0, 0.1) is 0 Å². The predicted molar refractivity (Wildman–Crippen MR) is 51.2 cm³/mol. The second-order valence-corrected chi connectivity index (χ2v) is 6.35. The minimum atomic E-state index is -3.19. The summed E-state index contributed by atoms with van der Waals surface area (Å²) in [5.74, 6) is 0. The van der Waals surface area contributed by atoms with Crippen molar-refractivity contribution in [1.82, 2.24) is 0 Å². The van der Waals surface area contributed by atoms with Crippen LogP contribution < -0.4 is 0 Å². The Morgan fingerprint density at radius 2 is 1.00 bits per heavy atom. The molecule has 0 unspecified atom stereocenters. The van der Waals surface area contributed by atoms with Crippen molar-refractivity contribution in [3.05, 3.63) is 0 Å². The van der Waals surface area contributed by atoms with E-state index in [4.69, 9.17) is 5.11 Å². The van der Waals surface area contributed by atoms with Crippen molar-refractivity contribution in [3.63, 3.8) is 0 Å². The van der Waals surface area contributed by atoms with Gasteiger partial charge in [-0.25, -0.2) is 0 Å². The van der Waals surface area contributed by atoms with Crippen molar-refractivity contribution in [1.29, 1.82) is 0 Å². The molecular formula is C2HF5OS5. The van der Waals surface area contributed by atoms with Crippen LogP contribution in [0.15, 0.2) is 0 Å². The molecule has 0 aromatic carbocycles. The third kappa shape index (κ3) is 2.68. The van der Waals surface area contributed by atoms with Gasteiger partial charge in [-0.15, -0.1) is 0 Å². The van der Waals surface area contributed by atoms with Gasteiger partial charge in [-0.05, 0) is 0 Å². The number of aliphatic hydroxyl groups is 1. The number of hydrogen-bond acceptors (Lipinski definition) is 6. The quantitative estimate of drug-likeness (QED) is 0.576. The van der Waals surface area contributed by atoms with Crippen LogP contribution in [0.25, 0.3) is 0 Å². The fourth-order valence-electron chi connectivity index (χ4n) is 0.288. The van der Waals surface area contributed by atoms with Gasteiger partial charge in [0.05, 0.1) is 60.7 Å². The third-order valence-corrected chi connectivity index (χ3v) is 5.71. The lowest BCUT2D eigenvalue weighted by molar-refractivity contribution is 0.231. The highest BCUT2D eigenvalue weighted by molar-refractivity contribution is 8.32. The molecule has 0 aromatic rings. The van der Waals surface area contributed by atoms with Crippen LogP contribution in [0.4, 0.5) is 19.4 Å². The fraction of sp³-hybridized carbons (Fsp3) is 1.00. The van der Waals surface area contributed by atoms with Crippen LogP contribution in [-0.4, -0.2) is 12.8 Å². The molecule has 0 aliphatic carbocycles. The molecule has 0 aliphatic rings. The Balaban J connectivity index is 4.87. The second-order valence-electron chi connectivity index (χ2n) is 1.52. The summed E-state index contributed by atoms with van der Waals surface area (Å²) in [5, 5.41) is 8.93. The summed E-state index contributed by atoms with van der Waals surface area (Å²) in [6.07, 6.45) is 0. The maximum Gasteiger partial charge on any atom is 0.259 e. The smallest absolute Gasteiger partial charge is 0.259 e. The van der Waals surface area contributed by atoms with Gasteiger partial charge >= 0.3 is 0 Å². The molecule has 80 valence electrons. The molecule has 0 rings (SSSR count). The molecule has 0 aromatic heterocycles. The first kappa shape index (κ1) is 14.4. The largest absolute Gasteiger partial charge is 0.364 e. The first-order chi connectivity index (χ1) is 6.05. The first-order valence-electron chi connectivity index (χ1n) is 2.27. The molecule has 0 saturated carbocycles. The van der Waals surface area contributed by atoms with Gasteiger partial charge in [0, 0.05) is 0 Å². The van der Waals surface area contributed by atoms with E-state index in [0.29, 0.717) is 0 Å². The highest BCUT2D eigenvalue weighted by Crippen LogP contribution is 2.63. The highest BCUT2D eigenvalue weighted by Gasteiger charge is 2.60. The standard InChI is InChI=1S/C2HF5OS5/c3-9-1(8,10-4)2(11-5,12-6)13-7/h8H. The van der Waals surface area contributed by atoms with E-state index in [1.54, 1.807) is 0 Å². The Bertz CT molecular complexity index is 142. The maximum atomic E-state index is 12.1. The molecule has 0 heterocycles. The Morgan fingerprint density at radius 1 is 0.692 bits per heavy atom. The van der Waals surface area contributed by atoms with Gasteiger partial charge in [0.1, 0.15) is 0 Å². The lowest BCUT2D eigenvalue weighted by atomic mass is 10.8. The summed E-state index contributed by atoms with van der Waals surface area (Å²) in [4.78, 5) is 0. The molecule has 0 amide bonds. The average molecular weight is 296 g/mol. The van der Waals surface area contributed by atoms with Crippen molar-refractivity contribution >= 4 is 60.7 Å². The van der Waals surface area contributed by atoms with Crippen LogP contribution in [0.3, 0.4) is 0 Å². The topological polar surface area (TPSA) is 20.2 Å². The molecule has 0 saturated heterocycles. The van der Waals surface area contributed by atoms with Crippen LogP contribution in [0.5, 0.6) is 0 Å². The normalized spacial score (nSPS) is 13.4. The summed E-state index contributed by atoms with van der Waals surface area (Å²) in [5.41, 5.74) is 0. The van der Waals surface area contributed by atoms with E-state index in [1.165, 1.54) is 0 Å². The summed E-state index contributed by atoms with van der Waals surface area (Å²) in [6.45, 7) is 0. The summed E-state index contributed by atoms with van der Waals surface area (Å²) in [6, 6.07) is 0. The molecule has 0 atom stereocenters. The molecule has 0 aliphatic heterocycles. The van der Waals surface area contributed by atoms with Gasteiger partial charge in [-0.1, -0.05) is 0 Å². The Hall–Kier alpha value is 1.36. The number of halogens is 5. The zero-order valence-corrected chi connectivity index (χ0v) is 9.46. The molecule has 1 nitrogen and oxygen atoms in total. The van der Waals surface area contributed by atoms with Crippen LogP contribution in [-0.2, 0) is 0 Å². The van der Waals surface area contributed by atoms with E-state index in [1.807, 2.05) is 0 Å². The summed E-state index contributed by atoms with van der Waals surface area (Å²) in [7, 11) is 0. The van der Waals surface area contributed by atoms with E-state index in [0.717, 1.165) is 0 Å². The van der Waals surface area contributed by atoms with Crippen molar-refractivity contribution in [2.24, 2.45) is 0 Å². The van der Waals surface area contributed by atoms with E-state index >= 15 is 0 Å². The average Bonchev–Trinajstić information content (AvgIpc) is 2.20. The number of rotatable bonds is 6. The zero-order chi connectivity index (χ0) is 10.5. The van der Waals surface area contributed by atoms with Crippen molar-refractivity contribution in [2.75, 3.05) is 0 Å². The Kier molecular flexibility index (Phi) is 6.69. The SMILES string of the molecule is OC(SF)(SF)C(SF)(SF)SF. The van der Waals surface area contributed by atoms with Gasteiger partial charge in [-0.3, -0.25) is 0 Å². The molecule has 0 spiro atoms. The molecule has 0 radical (unpaired) electrons. The minimum absolute atomic E-state index is 1.02. The highest BCUT2D eigenvalue weighted by atomic mass is 32.3. The molecule has 0 fully saturated rings. The zero-order valence-electron chi connectivity index (χ0n) is 5.38. The molecule has 1 N–H and O–H groups in total. The monoisotopic (exact) mass is 296 g/mol. The van der Waals surface area contributed by atoms with Gasteiger partial charge in [0.2, 0.25) is 0 Å². The van der Waals surface area contributed by atoms with E-state index < -0.39 is 68.4 Å². The van der Waals surface area contributed by atoms with Gasteiger partial charge in [0.15, 0.2) is 0 Å². The van der Waals surface area contributed by atoms with Gasteiger partial charge < -0.3 is 5.11 Å². The molecular weight excluding hydrogens is 295 g/mol. The van der Waals surface area contributed by atoms with E-state index in [-0.39, 0.29) is 0 Å². The minimum Gasteiger partial charge on any atom is -0.364 e. The molecule has 0 bridgehead atoms. The lowest BCUT2D eigenvalue weighted by Gasteiger charge is -2.30. The van der Waals surface area contributed by atoms with Crippen LogP contribution in [0.1, 0.15) is 0 Å². The first-order valence-corrected chi connectivity index (χ1v) is 5.85. The fourth-order valence-corrected chi connectivity index (χ4v) is 2.28. The van der Waals surface area contributed by atoms with Crippen LogP contribution in [0.2, 0.25) is 0 Å². The lowest BCUT2D eigenvalue weighted by Crippen LogP contribution is -2.38. The number of hydrogen-bond donors (Lipinski definition) is 1.